The lowest BCUT2D eigenvalue weighted by Gasteiger charge is -2.38. The highest BCUT2D eigenvalue weighted by Gasteiger charge is 2.27. The summed E-state index contributed by atoms with van der Waals surface area (Å²) in [6, 6.07) is 0.805. The monoisotopic (exact) mass is 253 g/mol. The van der Waals surface area contributed by atoms with Gasteiger partial charge in [0.2, 0.25) is 5.91 Å². The van der Waals surface area contributed by atoms with Gasteiger partial charge in [0, 0.05) is 38.6 Å². The van der Waals surface area contributed by atoms with Crippen LogP contribution in [0.25, 0.3) is 0 Å². The highest BCUT2D eigenvalue weighted by atomic mass is 16.2. The molecule has 2 rings (SSSR count). The van der Waals surface area contributed by atoms with Crippen LogP contribution in [0.4, 0.5) is 0 Å². The van der Waals surface area contributed by atoms with Crippen molar-refractivity contribution in [2.75, 3.05) is 32.7 Å². The molecule has 2 fully saturated rings. The summed E-state index contributed by atoms with van der Waals surface area (Å²) >= 11 is 0. The van der Waals surface area contributed by atoms with Gasteiger partial charge in [-0.05, 0) is 32.2 Å². The third-order valence-corrected chi connectivity index (χ3v) is 4.35. The van der Waals surface area contributed by atoms with E-state index in [4.69, 9.17) is 5.73 Å². The number of hydrogen-bond acceptors (Lipinski definition) is 3. The molecule has 0 spiro atoms. The van der Waals surface area contributed by atoms with E-state index in [2.05, 4.69) is 4.90 Å². The maximum absolute atomic E-state index is 12.0. The lowest BCUT2D eigenvalue weighted by atomic mass is 10.1. The molecule has 18 heavy (non-hydrogen) atoms. The molecule has 1 heterocycles. The minimum absolute atomic E-state index is 0.328. The first kappa shape index (κ1) is 13.8. The number of carbonyl (C=O) groups excluding carboxylic acids is 1. The summed E-state index contributed by atoms with van der Waals surface area (Å²) in [5, 5.41) is 0. The van der Waals surface area contributed by atoms with Gasteiger partial charge < -0.3 is 10.6 Å². The second-order valence-electron chi connectivity index (χ2n) is 5.60. The molecule has 0 atom stereocenters. The second-order valence-corrected chi connectivity index (χ2v) is 5.60. The van der Waals surface area contributed by atoms with Crippen LogP contribution in [-0.4, -0.2) is 54.5 Å². The zero-order valence-electron chi connectivity index (χ0n) is 11.4. The molecule has 0 radical (unpaired) electrons. The van der Waals surface area contributed by atoms with Gasteiger partial charge in [-0.3, -0.25) is 9.69 Å². The molecule has 1 saturated carbocycles. The Morgan fingerprint density at radius 1 is 1.06 bits per heavy atom. The van der Waals surface area contributed by atoms with Gasteiger partial charge in [0.25, 0.3) is 0 Å². The Morgan fingerprint density at radius 2 is 1.72 bits per heavy atom. The molecule has 0 bridgehead atoms. The molecular formula is C14H27N3O. The largest absolute Gasteiger partial charge is 0.340 e. The maximum Gasteiger partial charge on any atom is 0.222 e. The van der Waals surface area contributed by atoms with Crippen LogP contribution in [0.15, 0.2) is 0 Å². The van der Waals surface area contributed by atoms with Crippen molar-refractivity contribution in [1.82, 2.24) is 9.80 Å². The van der Waals surface area contributed by atoms with E-state index in [0.717, 1.165) is 45.1 Å². The second kappa shape index (κ2) is 7.10. The molecule has 0 aromatic rings. The van der Waals surface area contributed by atoms with Crippen molar-refractivity contribution < 1.29 is 4.79 Å². The molecule has 104 valence electrons. The normalized spacial score (nSPS) is 22.6. The van der Waals surface area contributed by atoms with E-state index in [9.17, 15) is 4.79 Å². The van der Waals surface area contributed by atoms with Crippen molar-refractivity contribution in [3.63, 3.8) is 0 Å². The van der Waals surface area contributed by atoms with E-state index in [1.165, 1.54) is 25.7 Å². The van der Waals surface area contributed by atoms with Crippen LogP contribution in [0.1, 0.15) is 44.9 Å². The Labute approximate surface area is 110 Å². The van der Waals surface area contributed by atoms with Crippen molar-refractivity contribution in [3.05, 3.63) is 0 Å². The third-order valence-electron chi connectivity index (χ3n) is 4.35. The number of rotatable bonds is 5. The lowest BCUT2D eigenvalue weighted by molar-refractivity contribution is -0.133. The number of hydrogen-bond donors (Lipinski definition) is 1. The SMILES string of the molecule is NCCCCC(=O)N1CCN(C2CCCC2)CC1. The fourth-order valence-corrected chi connectivity index (χ4v) is 3.18. The van der Waals surface area contributed by atoms with Crippen molar-refractivity contribution in [3.8, 4) is 0 Å². The molecule has 2 aliphatic rings. The average Bonchev–Trinajstić information content (AvgIpc) is 2.93. The number of amides is 1. The molecule has 2 N–H and O–H groups in total. The van der Waals surface area contributed by atoms with Gasteiger partial charge in [-0.2, -0.15) is 0 Å². The number of nitrogens with two attached hydrogens (primary N) is 1. The Kier molecular flexibility index (Phi) is 5.45. The zero-order chi connectivity index (χ0) is 12.8. The van der Waals surface area contributed by atoms with Crippen molar-refractivity contribution in [1.29, 1.82) is 0 Å². The fourth-order valence-electron chi connectivity index (χ4n) is 3.18. The van der Waals surface area contributed by atoms with Crippen LogP contribution in [-0.2, 0) is 4.79 Å². The van der Waals surface area contributed by atoms with Gasteiger partial charge in [0.15, 0.2) is 0 Å². The summed E-state index contributed by atoms with van der Waals surface area (Å²) in [4.78, 5) is 16.6. The van der Waals surface area contributed by atoms with E-state index < -0.39 is 0 Å². The quantitative estimate of drug-likeness (QED) is 0.749. The van der Waals surface area contributed by atoms with Crippen LogP contribution < -0.4 is 5.73 Å². The van der Waals surface area contributed by atoms with Crippen LogP contribution in [0.3, 0.4) is 0 Å². The van der Waals surface area contributed by atoms with E-state index >= 15 is 0 Å². The third kappa shape index (κ3) is 3.69. The minimum atomic E-state index is 0.328. The van der Waals surface area contributed by atoms with E-state index in [-0.39, 0.29) is 0 Å². The summed E-state index contributed by atoms with van der Waals surface area (Å²) in [6.07, 6.45) is 8.10. The standard InChI is InChI=1S/C14H27N3O/c15-8-4-3-7-14(18)17-11-9-16(10-12-17)13-5-1-2-6-13/h13H,1-12,15H2. The van der Waals surface area contributed by atoms with Crippen molar-refractivity contribution in [2.45, 2.75) is 51.0 Å². The fraction of sp³-hybridized carbons (Fsp3) is 0.929. The highest BCUT2D eigenvalue weighted by molar-refractivity contribution is 5.76. The van der Waals surface area contributed by atoms with E-state index in [1.807, 2.05) is 4.90 Å². The van der Waals surface area contributed by atoms with Crippen LogP contribution in [0.2, 0.25) is 0 Å². The summed E-state index contributed by atoms with van der Waals surface area (Å²) in [5.74, 6) is 0.328. The molecule has 4 heteroatoms. The molecule has 1 saturated heterocycles. The average molecular weight is 253 g/mol. The van der Waals surface area contributed by atoms with Gasteiger partial charge in [-0.25, -0.2) is 0 Å². The topological polar surface area (TPSA) is 49.6 Å². The molecule has 0 unspecified atom stereocenters. The maximum atomic E-state index is 12.0. The summed E-state index contributed by atoms with van der Waals surface area (Å²) in [7, 11) is 0. The molecule has 1 aliphatic carbocycles. The lowest BCUT2D eigenvalue weighted by Crippen LogP contribution is -2.51. The predicted octanol–water partition coefficient (Wildman–Crippen LogP) is 1.20. The summed E-state index contributed by atoms with van der Waals surface area (Å²) in [5.41, 5.74) is 5.45. The molecular weight excluding hydrogens is 226 g/mol. The molecule has 1 amide bonds. The smallest absolute Gasteiger partial charge is 0.222 e. The van der Waals surface area contributed by atoms with Crippen molar-refractivity contribution in [2.24, 2.45) is 5.73 Å². The van der Waals surface area contributed by atoms with E-state index in [1.54, 1.807) is 0 Å². The number of unbranched alkanes of at least 4 members (excludes halogenated alkanes) is 1. The summed E-state index contributed by atoms with van der Waals surface area (Å²) in [6.45, 7) is 4.71. The highest BCUT2D eigenvalue weighted by Crippen LogP contribution is 2.24. The van der Waals surface area contributed by atoms with Crippen LogP contribution >= 0.6 is 0 Å². The van der Waals surface area contributed by atoms with Crippen molar-refractivity contribution >= 4 is 5.91 Å². The minimum Gasteiger partial charge on any atom is -0.340 e. The van der Waals surface area contributed by atoms with Crippen LogP contribution in [0.5, 0.6) is 0 Å². The molecule has 0 aromatic carbocycles. The van der Waals surface area contributed by atoms with Gasteiger partial charge in [-0.15, -0.1) is 0 Å². The molecule has 4 nitrogen and oxygen atoms in total. The molecule has 0 aromatic heterocycles. The number of nitrogens with zero attached hydrogens (tertiary/aromatic N) is 2. The van der Waals surface area contributed by atoms with E-state index in [0.29, 0.717) is 18.9 Å². The summed E-state index contributed by atoms with van der Waals surface area (Å²) < 4.78 is 0. The number of piperazine rings is 1. The first-order valence-corrected chi connectivity index (χ1v) is 7.53. The van der Waals surface area contributed by atoms with Gasteiger partial charge in [0.1, 0.15) is 0 Å². The Balaban J connectivity index is 1.67. The van der Waals surface area contributed by atoms with Gasteiger partial charge >= 0.3 is 0 Å². The van der Waals surface area contributed by atoms with Crippen LogP contribution in [0, 0.1) is 0 Å². The Hall–Kier alpha value is -0.610. The molecule has 1 aliphatic heterocycles. The first-order valence-electron chi connectivity index (χ1n) is 7.53. The predicted molar refractivity (Wildman–Crippen MR) is 73.3 cm³/mol. The number of carbonyl (C=O) groups is 1. The Morgan fingerprint density at radius 3 is 2.33 bits per heavy atom. The van der Waals surface area contributed by atoms with Gasteiger partial charge in [0.05, 0.1) is 0 Å². The zero-order valence-corrected chi connectivity index (χ0v) is 11.4. The van der Waals surface area contributed by atoms with Gasteiger partial charge in [-0.1, -0.05) is 12.8 Å². The first-order chi connectivity index (χ1) is 8.81. The Bertz CT molecular complexity index is 256.